The number of halogens is 5. The van der Waals surface area contributed by atoms with E-state index in [9.17, 15) is 17.6 Å². The number of benzene rings is 2. The summed E-state index contributed by atoms with van der Waals surface area (Å²) in [6.07, 6.45) is -4.64. The summed E-state index contributed by atoms with van der Waals surface area (Å²) in [5.74, 6) is -0.481. The molecule has 2 heterocycles. The molecule has 0 radical (unpaired) electrons. The summed E-state index contributed by atoms with van der Waals surface area (Å²) < 4.78 is 54.6. The van der Waals surface area contributed by atoms with E-state index >= 15 is 0 Å². The third-order valence-electron chi connectivity index (χ3n) is 4.00. The molecule has 8 heteroatoms. The molecule has 0 aliphatic rings. The van der Waals surface area contributed by atoms with Crippen LogP contribution in [-0.2, 0) is 6.18 Å². The predicted molar refractivity (Wildman–Crippen MR) is 93.8 cm³/mol. The second-order valence-corrected chi connectivity index (χ2v) is 6.27. The number of rotatable bonds is 2. The number of nitrogens with zero attached hydrogens (tertiary/aromatic N) is 3. The molecule has 0 aliphatic carbocycles. The van der Waals surface area contributed by atoms with Crippen molar-refractivity contribution in [2.45, 2.75) is 6.18 Å². The van der Waals surface area contributed by atoms with Crippen LogP contribution in [0.3, 0.4) is 0 Å². The first kappa shape index (κ1) is 17.5. The zero-order valence-corrected chi connectivity index (χ0v) is 14.3. The van der Waals surface area contributed by atoms with Crippen molar-refractivity contribution in [3.63, 3.8) is 0 Å². The molecular weight excluding hydrogens is 382 g/mol. The average molecular weight is 392 g/mol. The van der Waals surface area contributed by atoms with Crippen LogP contribution in [0.2, 0.25) is 5.02 Å². The van der Waals surface area contributed by atoms with Gasteiger partial charge >= 0.3 is 6.18 Å². The fourth-order valence-corrected chi connectivity index (χ4v) is 2.83. The van der Waals surface area contributed by atoms with Gasteiger partial charge < -0.3 is 0 Å². The maximum Gasteiger partial charge on any atom is 0.433 e. The van der Waals surface area contributed by atoms with Gasteiger partial charge in [0, 0.05) is 22.2 Å². The van der Waals surface area contributed by atoms with Crippen molar-refractivity contribution >= 4 is 17.2 Å². The lowest BCUT2D eigenvalue weighted by Gasteiger charge is -2.11. The molecule has 0 bridgehead atoms. The summed E-state index contributed by atoms with van der Waals surface area (Å²) >= 11 is 5.85. The highest BCUT2D eigenvalue weighted by Gasteiger charge is 2.35. The van der Waals surface area contributed by atoms with Crippen molar-refractivity contribution in [2.24, 2.45) is 0 Å². The first-order valence-electron chi connectivity index (χ1n) is 7.81. The van der Waals surface area contributed by atoms with E-state index in [0.717, 1.165) is 10.6 Å². The molecule has 4 aromatic rings. The Morgan fingerprint density at radius 3 is 2.04 bits per heavy atom. The third-order valence-corrected chi connectivity index (χ3v) is 4.25. The number of hydrogen-bond acceptors (Lipinski definition) is 2. The van der Waals surface area contributed by atoms with Crippen LogP contribution in [0.25, 0.3) is 28.2 Å². The van der Waals surface area contributed by atoms with Gasteiger partial charge in [-0.05, 0) is 42.5 Å². The molecule has 0 unspecified atom stereocenters. The van der Waals surface area contributed by atoms with Gasteiger partial charge in [-0.3, -0.25) is 0 Å². The van der Waals surface area contributed by atoms with Gasteiger partial charge in [0.2, 0.25) is 0 Å². The Labute approximate surface area is 155 Å². The molecular formula is C19H10ClF4N3. The van der Waals surface area contributed by atoms with E-state index in [0.29, 0.717) is 21.8 Å². The quantitative estimate of drug-likeness (QED) is 0.400. The Balaban J connectivity index is 1.93. The first-order chi connectivity index (χ1) is 12.8. The van der Waals surface area contributed by atoms with Crippen LogP contribution in [0.15, 0.2) is 60.7 Å². The summed E-state index contributed by atoms with van der Waals surface area (Å²) in [5.41, 5.74) is 0.472. The Morgan fingerprint density at radius 2 is 1.41 bits per heavy atom. The summed E-state index contributed by atoms with van der Waals surface area (Å²) in [4.78, 5) is 4.26. The summed E-state index contributed by atoms with van der Waals surface area (Å²) in [5, 5.41) is 4.57. The van der Waals surface area contributed by atoms with Gasteiger partial charge in [0.25, 0.3) is 0 Å². The Hall–Kier alpha value is -2.93. The van der Waals surface area contributed by atoms with Crippen LogP contribution >= 0.6 is 11.6 Å². The molecule has 0 amide bonds. The van der Waals surface area contributed by atoms with Crippen molar-refractivity contribution in [1.82, 2.24) is 14.6 Å². The molecule has 0 fully saturated rings. The Kier molecular flexibility index (Phi) is 4.11. The zero-order valence-electron chi connectivity index (χ0n) is 13.5. The summed E-state index contributed by atoms with van der Waals surface area (Å²) in [6.45, 7) is 0. The molecule has 136 valence electrons. The van der Waals surface area contributed by atoms with Crippen molar-refractivity contribution in [1.29, 1.82) is 0 Å². The average Bonchev–Trinajstić information content (AvgIpc) is 3.05. The molecule has 2 aromatic heterocycles. The second kappa shape index (κ2) is 6.35. The van der Waals surface area contributed by atoms with Crippen molar-refractivity contribution in [3.05, 3.63) is 77.2 Å². The fraction of sp³-hybridized carbons (Fsp3) is 0.0526. The lowest BCUT2D eigenvalue weighted by atomic mass is 10.1. The van der Waals surface area contributed by atoms with Gasteiger partial charge in [-0.25, -0.2) is 13.9 Å². The molecule has 4 rings (SSSR count). The minimum atomic E-state index is -4.64. The number of aromatic nitrogens is 3. The van der Waals surface area contributed by atoms with Crippen LogP contribution in [0.5, 0.6) is 0 Å². The van der Waals surface area contributed by atoms with E-state index in [1.54, 1.807) is 24.3 Å². The summed E-state index contributed by atoms with van der Waals surface area (Å²) in [7, 11) is 0. The van der Waals surface area contributed by atoms with E-state index in [1.165, 1.54) is 30.3 Å². The number of hydrogen-bond donors (Lipinski definition) is 0. The normalized spacial score (nSPS) is 11.9. The molecule has 27 heavy (non-hydrogen) atoms. The highest BCUT2D eigenvalue weighted by atomic mass is 35.5. The highest BCUT2D eigenvalue weighted by molar-refractivity contribution is 6.30. The largest absolute Gasteiger partial charge is 0.433 e. The maximum absolute atomic E-state index is 13.6. The molecule has 0 aliphatic heterocycles. The number of alkyl halides is 3. The van der Waals surface area contributed by atoms with Crippen molar-refractivity contribution in [3.8, 4) is 22.5 Å². The van der Waals surface area contributed by atoms with E-state index in [4.69, 9.17) is 11.6 Å². The van der Waals surface area contributed by atoms with Crippen LogP contribution in [0, 0.1) is 5.82 Å². The monoisotopic (exact) mass is 391 g/mol. The van der Waals surface area contributed by atoms with E-state index in [2.05, 4.69) is 10.1 Å². The minimum Gasteiger partial charge on any atom is -0.228 e. The van der Waals surface area contributed by atoms with Gasteiger partial charge in [0.15, 0.2) is 11.3 Å². The lowest BCUT2D eigenvalue weighted by Crippen LogP contribution is -2.13. The standard InChI is InChI=1S/C19H10ClF4N3/c20-13-5-1-12(2-6-13)16-10-18-25-15(11-3-7-14(21)8-4-11)9-17(19(22,23)24)27(18)26-16/h1-10H. The van der Waals surface area contributed by atoms with Crippen LogP contribution in [-0.4, -0.2) is 14.6 Å². The lowest BCUT2D eigenvalue weighted by molar-refractivity contribution is -0.142. The minimum absolute atomic E-state index is 0.0362. The Bertz CT molecular complexity index is 1120. The zero-order chi connectivity index (χ0) is 19.2. The first-order valence-corrected chi connectivity index (χ1v) is 8.19. The topological polar surface area (TPSA) is 30.2 Å². The van der Waals surface area contributed by atoms with Gasteiger partial charge in [-0.2, -0.15) is 18.3 Å². The smallest absolute Gasteiger partial charge is 0.228 e. The van der Waals surface area contributed by atoms with Gasteiger partial charge in [0.05, 0.1) is 11.4 Å². The van der Waals surface area contributed by atoms with E-state index < -0.39 is 17.7 Å². The third kappa shape index (κ3) is 3.38. The molecule has 0 saturated heterocycles. The molecule has 2 aromatic carbocycles. The van der Waals surface area contributed by atoms with Gasteiger partial charge in [-0.15, -0.1) is 0 Å². The van der Waals surface area contributed by atoms with Crippen molar-refractivity contribution in [2.75, 3.05) is 0 Å². The molecule has 0 atom stereocenters. The second-order valence-electron chi connectivity index (χ2n) is 5.84. The molecule has 0 spiro atoms. The maximum atomic E-state index is 13.6. The van der Waals surface area contributed by atoms with E-state index in [1.807, 2.05) is 0 Å². The molecule has 0 N–H and O–H groups in total. The van der Waals surface area contributed by atoms with Crippen LogP contribution < -0.4 is 0 Å². The highest BCUT2D eigenvalue weighted by Crippen LogP contribution is 2.33. The number of fused-ring (bicyclic) bond motifs is 1. The Morgan fingerprint density at radius 1 is 0.815 bits per heavy atom. The van der Waals surface area contributed by atoms with Crippen LogP contribution in [0.1, 0.15) is 5.69 Å². The molecule has 3 nitrogen and oxygen atoms in total. The predicted octanol–water partition coefficient (Wildman–Crippen LogP) is 5.87. The van der Waals surface area contributed by atoms with Crippen LogP contribution in [0.4, 0.5) is 17.6 Å². The van der Waals surface area contributed by atoms with Gasteiger partial charge in [-0.1, -0.05) is 23.7 Å². The van der Waals surface area contributed by atoms with Gasteiger partial charge in [0.1, 0.15) is 5.82 Å². The SMILES string of the molecule is Fc1ccc(-c2cc(C(F)(F)F)n3nc(-c4ccc(Cl)cc4)cc3n2)cc1. The molecule has 0 saturated carbocycles. The van der Waals surface area contributed by atoms with E-state index in [-0.39, 0.29) is 11.3 Å². The summed E-state index contributed by atoms with van der Waals surface area (Å²) in [6, 6.07) is 14.1. The van der Waals surface area contributed by atoms with Crippen molar-refractivity contribution < 1.29 is 17.6 Å². The fourth-order valence-electron chi connectivity index (χ4n) is 2.71.